The Kier molecular flexibility index (Phi) is 6.25. The van der Waals surface area contributed by atoms with Crippen LogP contribution in [0.1, 0.15) is 30.4 Å². The van der Waals surface area contributed by atoms with Crippen LogP contribution in [-0.4, -0.2) is 20.2 Å². The van der Waals surface area contributed by atoms with E-state index in [0.717, 1.165) is 15.6 Å². The van der Waals surface area contributed by atoms with Crippen molar-refractivity contribution in [1.82, 2.24) is 0 Å². The smallest absolute Gasteiger partial charge is 0.395 e. The third kappa shape index (κ3) is 3.50. The van der Waals surface area contributed by atoms with Crippen LogP contribution >= 0.6 is 23.5 Å². The molecule has 0 spiro atoms. The second kappa shape index (κ2) is 8.34. The number of hydrogen-bond acceptors (Lipinski definition) is 5. The van der Waals surface area contributed by atoms with Crippen molar-refractivity contribution < 1.29 is 23.1 Å². The fourth-order valence-corrected chi connectivity index (χ4v) is 4.99. The van der Waals surface area contributed by atoms with Gasteiger partial charge in [0.2, 0.25) is 5.50 Å². The van der Waals surface area contributed by atoms with Gasteiger partial charge in [-0.25, -0.2) is 0 Å². The maximum Gasteiger partial charge on any atom is 0.395 e. The molecule has 0 radical (unpaired) electrons. The van der Waals surface area contributed by atoms with Gasteiger partial charge in [0.1, 0.15) is 5.41 Å². The molecule has 0 amide bonds. The summed E-state index contributed by atoms with van der Waals surface area (Å²) in [7, 11) is -1.17. The maximum absolute atomic E-state index is 13.4. The zero-order valence-corrected chi connectivity index (χ0v) is 18.4. The minimum Gasteiger partial charge on any atom is -0.417 e. The molecule has 1 aliphatic rings. The van der Waals surface area contributed by atoms with Crippen molar-refractivity contribution >= 4 is 29.5 Å². The van der Waals surface area contributed by atoms with E-state index in [2.05, 4.69) is 15.9 Å². The van der Waals surface area contributed by atoms with Crippen LogP contribution in [-0.2, 0) is 28.6 Å². The molecule has 28 heavy (non-hydrogen) atoms. The fraction of sp³-hybridized carbons (Fsp3) is 0.286. The molecule has 0 N–H and O–H groups in total. The molecule has 148 valence electrons. The Morgan fingerprint density at radius 1 is 1.07 bits per heavy atom. The number of cyclic esters (lactones) is 1. The zero-order chi connectivity index (χ0) is 20.4. The Labute approximate surface area is 173 Å². The summed E-state index contributed by atoms with van der Waals surface area (Å²) < 4.78 is 29.5. The van der Waals surface area contributed by atoms with Crippen molar-refractivity contribution in [3.63, 3.8) is 0 Å². The van der Waals surface area contributed by atoms with Gasteiger partial charge in [-0.15, -0.1) is 0 Å². The minimum atomic E-state index is -3.71. The third-order valence-electron chi connectivity index (χ3n) is 5.23. The van der Waals surface area contributed by atoms with E-state index < -0.39 is 24.9 Å². The summed E-state index contributed by atoms with van der Waals surface area (Å²) in [5, 5.41) is 0. The standard InChI is InChI=1S/C21H22BrO5P/c1-4-21(16-10-12-17(22)13-11-16)18(15-8-6-5-7-9-15)14-19(27-20(21)23)28(24,25-2)26-3/h5-14,18H,4H2,1-3H3/t18-,21-/m0/s1. The SMILES string of the molecule is CC[C@@]1(c2ccc(Br)cc2)C(=O)OC(P(=O)(OC)OC)=C[C@H]1c1ccccc1. The molecular weight excluding hydrogens is 443 g/mol. The van der Waals surface area contributed by atoms with Gasteiger partial charge in [0, 0.05) is 24.6 Å². The zero-order valence-electron chi connectivity index (χ0n) is 15.9. The second-order valence-corrected chi connectivity index (χ2v) is 9.56. The van der Waals surface area contributed by atoms with Gasteiger partial charge in [-0.2, -0.15) is 0 Å². The molecule has 2 atom stereocenters. The lowest BCUT2D eigenvalue weighted by atomic mass is 9.65. The van der Waals surface area contributed by atoms with Crippen molar-refractivity contribution in [2.24, 2.45) is 0 Å². The summed E-state index contributed by atoms with van der Waals surface area (Å²) in [5.41, 5.74) is 0.715. The van der Waals surface area contributed by atoms with Gasteiger partial charge in [-0.1, -0.05) is 65.3 Å². The van der Waals surface area contributed by atoms with E-state index in [-0.39, 0.29) is 5.50 Å². The molecule has 0 aromatic heterocycles. The van der Waals surface area contributed by atoms with Crippen molar-refractivity contribution in [1.29, 1.82) is 0 Å². The Bertz CT molecular complexity index is 918. The van der Waals surface area contributed by atoms with Gasteiger partial charge < -0.3 is 13.8 Å². The molecule has 2 aromatic rings. The summed E-state index contributed by atoms with van der Waals surface area (Å²) in [6.07, 6.45) is 2.21. The lowest BCUT2D eigenvalue weighted by molar-refractivity contribution is -0.148. The number of carbonyl (C=O) groups excluding carboxylic acids is 1. The van der Waals surface area contributed by atoms with Crippen LogP contribution in [0.3, 0.4) is 0 Å². The van der Waals surface area contributed by atoms with Crippen LogP contribution in [0.15, 0.2) is 70.6 Å². The number of esters is 1. The molecule has 3 rings (SSSR count). The highest BCUT2D eigenvalue weighted by molar-refractivity contribution is 9.10. The first-order valence-corrected chi connectivity index (χ1v) is 11.2. The van der Waals surface area contributed by atoms with Crippen molar-refractivity contribution in [2.75, 3.05) is 14.2 Å². The van der Waals surface area contributed by atoms with Crippen LogP contribution in [0.4, 0.5) is 0 Å². The summed E-state index contributed by atoms with van der Waals surface area (Å²) in [6, 6.07) is 17.3. The molecular formula is C21H22BrO5P. The highest BCUT2D eigenvalue weighted by Crippen LogP contribution is 2.60. The van der Waals surface area contributed by atoms with E-state index in [1.165, 1.54) is 14.2 Å². The largest absolute Gasteiger partial charge is 0.417 e. The van der Waals surface area contributed by atoms with Crippen LogP contribution in [0, 0.1) is 0 Å². The fourth-order valence-electron chi connectivity index (χ4n) is 3.69. The van der Waals surface area contributed by atoms with Gasteiger partial charge in [0.05, 0.1) is 0 Å². The molecule has 5 nitrogen and oxygen atoms in total. The Morgan fingerprint density at radius 2 is 1.68 bits per heavy atom. The molecule has 1 heterocycles. The molecule has 0 saturated heterocycles. The van der Waals surface area contributed by atoms with E-state index >= 15 is 0 Å². The van der Waals surface area contributed by atoms with Gasteiger partial charge in [-0.05, 0) is 35.8 Å². The minimum absolute atomic E-state index is 0.0717. The van der Waals surface area contributed by atoms with E-state index in [1.54, 1.807) is 6.08 Å². The predicted molar refractivity (Wildman–Crippen MR) is 111 cm³/mol. The summed E-state index contributed by atoms with van der Waals surface area (Å²) >= 11 is 3.44. The van der Waals surface area contributed by atoms with Crippen molar-refractivity contribution in [3.05, 3.63) is 81.8 Å². The monoisotopic (exact) mass is 464 g/mol. The third-order valence-corrected chi connectivity index (χ3v) is 7.50. The number of benzene rings is 2. The quantitative estimate of drug-likeness (QED) is 0.401. The maximum atomic E-state index is 13.4. The summed E-state index contributed by atoms with van der Waals surface area (Å²) in [6.45, 7) is 1.95. The topological polar surface area (TPSA) is 61.8 Å². The summed E-state index contributed by atoms with van der Waals surface area (Å²) in [5.74, 6) is -0.868. The number of halogens is 1. The Morgan fingerprint density at radius 3 is 2.21 bits per heavy atom. The molecule has 0 fully saturated rings. The van der Waals surface area contributed by atoms with Crippen LogP contribution in [0.25, 0.3) is 0 Å². The van der Waals surface area contributed by atoms with E-state index in [4.69, 9.17) is 13.8 Å². The number of carbonyl (C=O) groups is 1. The Hall–Kier alpha value is -1.72. The van der Waals surface area contributed by atoms with Crippen molar-refractivity contribution in [3.8, 4) is 0 Å². The van der Waals surface area contributed by atoms with Crippen LogP contribution in [0.5, 0.6) is 0 Å². The first-order valence-electron chi connectivity index (χ1n) is 8.88. The number of rotatable bonds is 6. The molecule has 0 bridgehead atoms. The van der Waals surface area contributed by atoms with Gasteiger partial charge >= 0.3 is 13.6 Å². The molecule has 0 unspecified atom stereocenters. The Balaban J connectivity index is 2.26. The average Bonchev–Trinajstić information content (AvgIpc) is 2.74. The second-order valence-electron chi connectivity index (χ2n) is 6.48. The lowest BCUT2D eigenvalue weighted by Gasteiger charge is -2.41. The van der Waals surface area contributed by atoms with Crippen molar-refractivity contribution in [2.45, 2.75) is 24.7 Å². The van der Waals surface area contributed by atoms with Gasteiger partial charge in [0.15, 0.2) is 0 Å². The predicted octanol–water partition coefficient (Wildman–Crippen LogP) is 5.76. The highest BCUT2D eigenvalue weighted by Gasteiger charge is 2.52. The number of ether oxygens (including phenoxy) is 1. The summed E-state index contributed by atoms with van der Waals surface area (Å²) in [4.78, 5) is 13.4. The first-order chi connectivity index (χ1) is 13.4. The van der Waals surface area contributed by atoms with Crippen LogP contribution in [0.2, 0.25) is 0 Å². The van der Waals surface area contributed by atoms with Crippen LogP contribution < -0.4 is 0 Å². The first kappa shape index (κ1) is 21.0. The van der Waals surface area contributed by atoms with E-state index in [0.29, 0.717) is 6.42 Å². The van der Waals surface area contributed by atoms with E-state index in [9.17, 15) is 9.36 Å². The van der Waals surface area contributed by atoms with Gasteiger partial charge in [0.25, 0.3) is 0 Å². The van der Waals surface area contributed by atoms with Gasteiger partial charge in [-0.3, -0.25) is 9.36 Å². The number of allylic oxidation sites excluding steroid dienone is 1. The molecule has 0 aliphatic carbocycles. The molecule has 2 aromatic carbocycles. The average molecular weight is 465 g/mol. The molecule has 7 heteroatoms. The molecule has 1 aliphatic heterocycles. The molecule has 0 saturated carbocycles. The normalized spacial score (nSPS) is 22.5. The lowest BCUT2D eigenvalue weighted by Crippen LogP contribution is -2.44. The highest BCUT2D eigenvalue weighted by atomic mass is 79.9. The van der Waals surface area contributed by atoms with E-state index in [1.807, 2.05) is 61.5 Å². The number of hydrogen-bond donors (Lipinski definition) is 0.